The van der Waals surface area contributed by atoms with Crippen LogP contribution in [0.5, 0.6) is 5.75 Å². The van der Waals surface area contributed by atoms with Gasteiger partial charge in [-0.3, -0.25) is 0 Å². The molecule has 0 N–H and O–H groups in total. The van der Waals surface area contributed by atoms with Crippen molar-refractivity contribution in [1.82, 2.24) is 14.8 Å². The summed E-state index contributed by atoms with van der Waals surface area (Å²) in [5, 5.41) is 7.44. The molecule has 17 heavy (non-hydrogen) atoms. The van der Waals surface area contributed by atoms with Gasteiger partial charge in [0, 0.05) is 16.9 Å². The van der Waals surface area contributed by atoms with E-state index in [-0.39, 0.29) is 0 Å². The zero-order valence-electron chi connectivity index (χ0n) is 9.44. The molecule has 0 unspecified atom stereocenters. The van der Waals surface area contributed by atoms with Crippen LogP contribution in [0.3, 0.4) is 0 Å². The van der Waals surface area contributed by atoms with Gasteiger partial charge in [0.25, 0.3) is 0 Å². The predicted octanol–water partition coefficient (Wildman–Crippen LogP) is 2.01. The largest absolute Gasteiger partial charge is 0.492 e. The maximum Gasteiger partial charge on any atom is 0.119 e. The minimum atomic E-state index is 0.592. The predicted molar refractivity (Wildman–Crippen MR) is 64.8 cm³/mol. The maximum absolute atomic E-state index is 5.59. The van der Waals surface area contributed by atoms with Gasteiger partial charge in [-0.15, -0.1) is 10.2 Å². The van der Waals surface area contributed by atoms with E-state index in [0.29, 0.717) is 6.61 Å². The number of benzene rings is 1. The molecule has 0 fully saturated rings. The molecule has 0 saturated carbocycles. The molecule has 90 valence electrons. The van der Waals surface area contributed by atoms with Crippen molar-refractivity contribution < 1.29 is 8.92 Å². The summed E-state index contributed by atoms with van der Waals surface area (Å²) < 4.78 is 12.4. The van der Waals surface area contributed by atoms with Gasteiger partial charge in [-0.1, -0.05) is 0 Å². The van der Waals surface area contributed by atoms with Crippen molar-refractivity contribution in [3.05, 3.63) is 36.9 Å². The van der Waals surface area contributed by atoms with Crippen molar-refractivity contribution in [1.29, 1.82) is 0 Å². The lowest BCUT2D eigenvalue weighted by Gasteiger charge is -2.06. The molecule has 0 amide bonds. The smallest absolute Gasteiger partial charge is 0.119 e. The van der Waals surface area contributed by atoms with E-state index in [2.05, 4.69) is 10.2 Å². The average molecular weight is 251 g/mol. The molecule has 1 aromatic heterocycles. The molecule has 0 saturated heterocycles. The normalized spacial score (nSPS) is 10.4. The lowest BCUT2D eigenvalue weighted by Crippen LogP contribution is -2.06. The molecular weight excluding hydrogens is 238 g/mol. The van der Waals surface area contributed by atoms with E-state index in [0.717, 1.165) is 17.2 Å². The molecule has 0 aliphatic carbocycles. The maximum atomic E-state index is 5.59. The number of ether oxygens (including phenoxy) is 1. The number of hydrogen-bond donors (Lipinski definition) is 0. The van der Waals surface area contributed by atoms with Gasteiger partial charge in [0.05, 0.1) is 13.7 Å². The Labute approximate surface area is 104 Å². The van der Waals surface area contributed by atoms with Crippen LogP contribution < -0.4 is 4.74 Å². The van der Waals surface area contributed by atoms with E-state index >= 15 is 0 Å². The van der Waals surface area contributed by atoms with Gasteiger partial charge in [-0.25, -0.2) is 0 Å². The Balaban J connectivity index is 1.79. The minimum absolute atomic E-state index is 0.592. The molecule has 6 heteroatoms. The first kappa shape index (κ1) is 11.9. The van der Waals surface area contributed by atoms with Crippen LogP contribution in [-0.4, -0.2) is 28.5 Å². The number of aromatic nitrogens is 3. The van der Waals surface area contributed by atoms with Crippen LogP contribution >= 0.6 is 12.0 Å². The van der Waals surface area contributed by atoms with Gasteiger partial charge in [0.1, 0.15) is 25.0 Å². The van der Waals surface area contributed by atoms with Crippen LogP contribution in [0.25, 0.3) is 0 Å². The molecule has 1 aromatic carbocycles. The van der Waals surface area contributed by atoms with Crippen LogP contribution in [0.4, 0.5) is 0 Å². The monoisotopic (exact) mass is 251 g/mol. The standard InChI is InChI=1S/C11H13N3O2S/c1-15-17-11-4-2-10(3-5-11)16-7-6-14-8-12-13-9-14/h2-5,8-9H,6-7H2,1H3. The molecular formula is C11H13N3O2S. The number of rotatable bonds is 6. The van der Waals surface area contributed by atoms with Crippen LogP contribution in [0.2, 0.25) is 0 Å². The quantitative estimate of drug-likeness (QED) is 0.735. The summed E-state index contributed by atoms with van der Waals surface area (Å²) in [5.74, 6) is 0.846. The SMILES string of the molecule is COSc1ccc(OCCn2cnnc2)cc1. The molecule has 0 radical (unpaired) electrons. The third-order valence-corrected chi connectivity index (χ3v) is 2.72. The van der Waals surface area contributed by atoms with E-state index in [4.69, 9.17) is 8.92 Å². The van der Waals surface area contributed by atoms with Gasteiger partial charge in [-0.2, -0.15) is 0 Å². The third kappa shape index (κ3) is 3.76. The molecule has 0 spiro atoms. The highest BCUT2D eigenvalue weighted by atomic mass is 32.2. The average Bonchev–Trinajstić information content (AvgIpc) is 2.85. The van der Waals surface area contributed by atoms with Crippen LogP contribution in [0.1, 0.15) is 0 Å². The van der Waals surface area contributed by atoms with Crippen molar-refractivity contribution in [3.8, 4) is 5.75 Å². The van der Waals surface area contributed by atoms with Gasteiger partial charge < -0.3 is 13.5 Å². The van der Waals surface area contributed by atoms with Crippen molar-refractivity contribution in [3.63, 3.8) is 0 Å². The second kappa shape index (κ2) is 6.27. The molecule has 0 atom stereocenters. The zero-order chi connectivity index (χ0) is 11.9. The Kier molecular flexibility index (Phi) is 4.40. The Morgan fingerprint density at radius 3 is 2.53 bits per heavy atom. The minimum Gasteiger partial charge on any atom is -0.492 e. The fraction of sp³-hybridized carbons (Fsp3) is 0.273. The molecule has 2 rings (SSSR count). The Morgan fingerprint density at radius 1 is 1.18 bits per heavy atom. The van der Waals surface area contributed by atoms with Crippen LogP contribution in [-0.2, 0) is 10.7 Å². The zero-order valence-corrected chi connectivity index (χ0v) is 10.3. The highest BCUT2D eigenvalue weighted by Crippen LogP contribution is 2.21. The van der Waals surface area contributed by atoms with Gasteiger partial charge in [0.2, 0.25) is 0 Å². The van der Waals surface area contributed by atoms with Gasteiger partial charge >= 0.3 is 0 Å². The Bertz CT molecular complexity index is 430. The first-order chi connectivity index (χ1) is 8.38. The van der Waals surface area contributed by atoms with Crippen molar-refractivity contribution in [2.24, 2.45) is 0 Å². The lowest BCUT2D eigenvalue weighted by atomic mass is 10.3. The number of hydrogen-bond acceptors (Lipinski definition) is 5. The topological polar surface area (TPSA) is 49.2 Å². The summed E-state index contributed by atoms with van der Waals surface area (Å²) in [7, 11) is 1.65. The van der Waals surface area contributed by atoms with E-state index in [9.17, 15) is 0 Å². The molecule has 0 aliphatic rings. The van der Waals surface area contributed by atoms with Crippen molar-refractivity contribution >= 4 is 12.0 Å². The third-order valence-electron chi connectivity index (χ3n) is 2.09. The summed E-state index contributed by atoms with van der Waals surface area (Å²) in [6.07, 6.45) is 3.34. The van der Waals surface area contributed by atoms with Crippen molar-refractivity contribution in [2.45, 2.75) is 11.4 Å². The highest BCUT2D eigenvalue weighted by molar-refractivity contribution is 7.94. The lowest BCUT2D eigenvalue weighted by molar-refractivity contribution is 0.298. The summed E-state index contributed by atoms with van der Waals surface area (Å²) in [6, 6.07) is 7.77. The molecule has 0 aliphatic heterocycles. The van der Waals surface area contributed by atoms with E-state index in [1.165, 1.54) is 12.0 Å². The first-order valence-corrected chi connectivity index (χ1v) is 5.88. The molecule has 5 nitrogen and oxygen atoms in total. The summed E-state index contributed by atoms with van der Waals surface area (Å²) in [4.78, 5) is 1.05. The molecule has 2 aromatic rings. The molecule has 1 heterocycles. The summed E-state index contributed by atoms with van der Waals surface area (Å²) >= 11 is 1.33. The first-order valence-electron chi connectivity index (χ1n) is 5.14. The molecule has 0 bridgehead atoms. The second-order valence-electron chi connectivity index (χ2n) is 3.27. The Hall–Kier alpha value is -1.53. The summed E-state index contributed by atoms with van der Waals surface area (Å²) in [5.41, 5.74) is 0. The van der Waals surface area contributed by atoms with Gasteiger partial charge in [0.15, 0.2) is 0 Å². The van der Waals surface area contributed by atoms with E-state index in [1.54, 1.807) is 19.8 Å². The fourth-order valence-corrected chi connectivity index (χ4v) is 1.73. The second-order valence-corrected chi connectivity index (χ2v) is 4.24. The fourth-order valence-electron chi connectivity index (χ4n) is 1.29. The van der Waals surface area contributed by atoms with E-state index in [1.807, 2.05) is 28.8 Å². The van der Waals surface area contributed by atoms with Crippen molar-refractivity contribution in [2.75, 3.05) is 13.7 Å². The van der Waals surface area contributed by atoms with Crippen LogP contribution in [0.15, 0.2) is 41.8 Å². The van der Waals surface area contributed by atoms with E-state index < -0.39 is 0 Å². The Morgan fingerprint density at radius 2 is 1.88 bits per heavy atom. The summed E-state index contributed by atoms with van der Waals surface area (Å²) in [6.45, 7) is 1.33. The highest BCUT2D eigenvalue weighted by Gasteiger charge is 1.97. The van der Waals surface area contributed by atoms with Crippen LogP contribution in [0, 0.1) is 0 Å². The number of nitrogens with zero attached hydrogens (tertiary/aromatic N) is 3. The van der Waals surface area contributed by atoms with Gasteiger partial charge in [-0.05, 0) is 24.3 Å².